The number of carbonyl (C=O) groups is 5. The van der Waals surface area contributed by atoms with E-state index in [9.17, 15) is 24.3 Å². The fourth-order valence-electron chi connectivity index (χ4n) is 10.0. The van der Waals surface area contributed by atoms with E-state index in [2.05, 4.69) is 0 Å². The number of aliphatic hydroxyl groups is 1. The van der Waals surface area contributed by atoms with Gasteiger partial charge in [0.1, 0.15) is 29.7 Å². The Labute approximate surface area is 336 Å². The molecule has 7 rings (SSSR count). The first-order chi connectivity index (χ1) is 27.4. The van der Waals surface area contributed by atoms with Gasteiger partial charge in [-0.05, 0) is 53.5 Å². The number of ether oxygens (including phenoxy) is 7. The summed E-state index contributed by atoms with van der Waals surface area (Å²) in [5.74, 6) is -4.45. The Bertz CT molecular complexity index is 2160. The van der Waals surface area contributed by atoms with E-state index in [1.807, 2.05) is 60.7 Å². The SMILES string of the molecule is CC(=O)O[C@H]1C(=O)[C@]2(C)[C@@H](OC(=O)COc3ccc4ccccc4c3)C[C@H]3OC[C@@]3(OC(C)=O)[C@H]2[C@H](OCc2ccccc2)[C@]2(O)C[C@H](OC(C)=O)C(C)=C1C2(C)C. The van der Waals surface area contributed by atoms with Gasteiger partial charge in [-0.15, -0.1) is 0 Å². The highest BCUT2D eigenvalue weighted by Crippen LogP contribution is 2.65. The van der Waals surface area contributed by atoms with E-state index in [0.29, 0.717) is 11.3 Å². The number of ketones is 1. The van der Waals surface area contributed by atoms with Gasteiger partial charge in [-0.25, -0.2) is 4.79 Å². The molecule has 0 unspecified atom stereocenters. The number of esters is 4. The van der Waals surface area contributed by atoms with Crippen LogP contribution in [0.2, 0.25) is 0 Å². The molecule has 1 N–H and O–H groups in total. The molecule has 13 heteroatoms. The Morgan fingerprint density at radius 2 is 1.52 bits per heavy atom. The zero-order chi connectivity index (χ0) is 41.8. The van der Waals surface area contributed by atoms with Gasteiger partial charge < -0.3 is 38.3 Å². The van der Waals surface area contributed by atoms with Gasteiger partial charge in [-0.2, -0.15) is 0 Å². The second-order valence-corrected chi connectivity index (χ2v) is 16.6. The highest BCUT2D eigenvalue weighted by Gasteiger charge is 2.78. The monoisotopic (exact) mass is 798 g/mol. The van der Waals surface area contributed by atoms with Crippen LogP contribution in [0.25, 0.3) is 10.8 Å². The molecule has 3 aromatic rings. The minimum atomic E-state index is -2.01. The zero-order valence-electron chi connectivity index (χ0n) is 33.8. The van der Waals surface area contributed by atoms with Gasteiger partial charge in [0.15, 0.2) is 24.1 Å². The highest BCUT2D eigenvalue weighted by atomic mass is 16.6. The van der Waals surface area contributed by atoms with E-state index in [-0.39, 0.29) is 31.6 Å². The highest BCUT2D eigenvalue weighted by molar-refractivity contribution is 5.95. The second-order valence-electron chi connectivity index (χ2n) is 16.6. The summed E-state index contributed by atoms with van der Waals surface area (Å²) < 4.78 is 43.1. The molecule has 0 aromatic heterocycles. The lowest BCUT2D eigenvalue weighted by molar-refractivity contribution is -0.352. The number of Topliss-reactive ketones (excluding diaryl/α,β-unsaturated/α-hetero) is 1. The molecular formula is C45H50O13. The average molecular weight is 799 g/mol. The first kappa shape index (κ1) is 41.1. The summed E-state index contributed by atoms with van der Waals surface area (Å²) in [5.41, 5.74) is -5.50. The minimum absolute atomic E-state index is 0.0555. The summed E-state index contributed by atoms with van der Waals surface area (Å²) in [7, 11) is 0. The maximum atomic E-state index is 15.8. The molecular weight excluding hydrogens is 748 g/mol. The maximum Gasteiger partial charge on any atom is 0.344 e. The van der Waals surface area contributed by atoms with Gasteiger partial charge >= 0.3 is 23.9 Å². The Hall–Kier alpha value is -5.11. The van der Waals surface area contributed by atoms with Gasteiger partial charge in [0.05, 0.1) is 24.7 Å². The minimum Gasteiger partial charge on any atom is -0.482 e. The van der Waals surface area contributed by atoms with E-state index < -0.39 is 94.7 Å². The van der Waals surface area contributed by atoms with Crippen molar-refractivity contribution < 1.29 is 62.2 Å². The zero-order valence-corrected chi connectivity index (χ0v) is 33.8. The quantitative estimate of drug-likeness (QED) is 0.158. The number of hydrogen-bond acceptors (Lipinski definition) is 13. The third-order valence-corrected chi connectivity index (χ3v) is 12.8. The van der Waals surface area contributed by atoms with Crippen molar-refractivity contribution in [1.82, 2.24) is 0 Å². The van der Waals surface area contributed by atoms with E-state index in [1.54, 1.807) is 39.8 Å². The van der Waals surface area contributed by atoms with E-state index in [1.165, 1.54) is 13.8 Å². The molecule has 308 valence electrons. The first-order valence-corrected chi connectivity index (χ1v) is 19.5. The molecule has 1 aliphatic heterocycles. The number of carbonyl (C=O) groups excluding carboxylic acids is 5. The van der Waals surface area contributed by atoms with Crippen molar-refractivity contribution in [2.45, 2.75) is 110 Å². The normalized spacial score (nSPS) is 32.3. The van der Waals surface area contributed by atoms with E-state index in [4.69, 9.17) is 33.2 Å². The standard InChI is InChI=1S/C45H50O13/c1-25-33(55-26(2)46)21-45(51)41(53-22-29-13-9-8-10-14-29)39-43(7,40(50)38(56-27(3)47)37(25)42(45,5)6)34(20-35-44(39,24-54-35)58-28(4)48)57-36(49)23-52-32-18-17-30-15-11-12-16-31(30)19-32/h8-19,33-35,38-39,41,51H,20-24H2,1-7H3/t33-,34-,35+,38+,39-,41-,43+,44-,45+/m0/s1. The number of hydrogen-bond donors (Lipinski definition) is 1. The Balaban J connectivity index is 1.39. The fraction of sp³-hybridized carbons (Fsp3) is 0.489. The topological polar surface area (TPSA) is 170 Å². The summed E-state index contributed by atoms with van der Waals surface area (Å²) in [6, 6.07) is 22.3. The predicted molar refractivity (Wildman–Crippen MR) is 207 cm³/mol. The summed E-state index contributed by atoms with van der Waals surface area (Å²) in [6.07, 6.45) is -6.59. The summed E-state index contributed by atoms with van der Waals surface area (Å²) in [4.78, 5) is 68.4. The molecule has 1 saturated heterocycles. The molecule has 13 nitrogen and oxygen atoms in total. The van der Waals surface area contributed by atoms with Crippen molar-refractivity contribution >= 4 is 40.4 Å². The molecule has 1 heterocycles. The van der Waals surface area contributed by atoms with Crippen molar-refractivity contribution in [3.8, 4) is 5.75 Å². The molecule has 0 amide bonds. The molecule has 2 bridgehead atoms. The van der Waals surface area contributed by atoms with Crippen LogP contribution >= 0.6 is 0 Å². The van der Waals surface area contributed by atoms with Crippen molar-refractivity contribution in [2.75, 3.05) is 13.2 Å². The fourth-order valence-corrected chi connectivity index (χ4v) is 10.0. The van der Waals surface area contributed by atoms with Gasteiger partial charge in [0.2, 0.25) is 0 Å². The van der Waals surface area contributed by atoms with Crippen molar-refractivity contribution in [1.29, 1.82) is 0 Å². The van der Waals surface area contributed by atoms with Crippen LogP contribution in [0.3, 0.4) is 0 Å². The van der Waals surface area contributed by atoms with Gasteiger partial charge in [0.25, 0.3) is 0 Å². The largest absolute Gasteiger partial charge is 0.482 e. The Kier molecular flexibility index (Phi) is 10.8. The lowest BCUT2D eigenvalue weighted by atomic mass is 9.44. The Morgan fingerprint density at radius 3 is 2.16 bits per heavy atom. The Morgan fingerprint density at radius 1 is 0.845 bits per heavy atom. The smallest absolute Gasteiger partial charge is 0.344 e. The van der Waals surface area contributed by atoms with Crippen LogP contribution in [0.15, 0.2) is 83.9 Å². The number of rotatable bonds is 10. The molecule has 2 saturated carbocycles. The molecule has 9 atom stereocenters. The molecule has 4 aliphatic rings. The second kappa shape index (κ2) is 15.2. The molecule has 0 spiro atoms. The average Bonchev–Trinajstić information content (AvgIpc) is 3.16. The first-order valence-electron chi connectivity index (χ1n) is 19.5. The van der Waals surface area contributed by atoms with E-state index >= 15 is 4.79 Å². The molecule has 0 radical (unpaired) electrons. The van der Waals surface area contributed by atoms with Gasteiger partial charge in [-0.3, -0.25) is 19.2 Å². The van der Waals surface area contributed by atoms with Gasteiger partial charge in [-0.1, -0.05) is 74.5 Å². The lowest BCUT2D eigenvalue weighted by Gasteiger charge is -2.68. The predicted octanol–water partition coefficient (Wildman–Crippen LogP) is 5.37. The van der Waals surface area contributed by atoms with Crippen molar-refractivity contribution in [3.05, 3.63) is 89.5 Å². The number of benzene rings is 3. The lowest BCUT2D eigenvalue weighted by Crippen LogP contribution is -2.82. The molecule has 3 aromatic carbocycles. The van der Waals surface area contributed by atoms with Crippen LogP contribution in [0.4, 0.5) is 0 Å². The summed E-state index contributed by atoms with van der Waals surface area (Å²) in [5, 5.41) is 15.5. The van der Waals surface area contributed by atoms with Crippen molar-refractivity contribution in [3.63, 3.8) is 0 Å². The summed E-state index contributed by atoms with van der Waals surface area (Å²) >= 11 is 0. The third-order valence-electron chi connectivity index (χ3n) is 12.8. The number of fused-ring (bicyclic) bond motifs is 6. The third kappa shape index (κ3) is 6.86. The molecule has 3 aliphatic carbocycles. The van der Waals surface area contributed by atoms with Crippen LogP contribution in [-0.2, 0) is 59.0 Å². The van der Waals surface area contributed by atoms with Crippen LogP contribution in [0, 0.1) is 16.7 Å². The van der Waals surface area contributed by atoms with E-state index in [0.717, 1.165) is 23.3 Å². The van der Waals surface area contributed by atoms with Gasteiger partial charge in [0, 0.05) is 44.9 Å². The molecule has 3 fully saturated rings. The van der Waals surface area contributed by atoms with Crippen LogP contribution < -0.4 is 4.74 Å². The maximum absolute atomic E-state index is 15.8. The van der Waals surface area contributed by atoms with Crippen LogP contribution in [0.1, 0.15) is 66.9 Å². The molecule has 58 heavy (non-hydrogen) atoms. The van der Waals surface area contributed by atoms with Crippen molar-refractivity contribution in [2.24, 2.45) is 16.7 Å². The van der Waals surface area contributed by atoms with Crippen LogP contribution in [-0.4, -0.2) is 89.7 Å². The van der Waals surface area contributed by atoms with Crippen LogP contribution in [0.5, 0.6) is 5.75 Å². The summed E-state index contributed by atoms with van der Waals surface area (Å²) in [6.45, 7) is 9.59.